The van der Waals surface area contributed by atoms with Crippen LogP contribution in [-0.4, -0.2) is 28.8 Å². The minimum Gasteiger partial charge on any atom is -0.479 e. The number of hydrogen-bond acceptors (Lipinski definition) is 3. The van der Waals surface area contributed by atoms with Crippen LogP contribution in [0.3, 0.4) is 0 Å². The van der Waals surface area contributed by atoms with Crippen molar-refractivity contribution >= 4 is 11.9 Å². The fraction of sp³-hybridized carbons (Fsp3) is 0.636. The third kappa shape index (κ3) is 3.05. The number of halogens is 1. The molecule has 16 heavy (non-hydrogen) atoms. The Balaban J connectivity index is 4.90. The summed E-state index contributed by atoms with van der Waals surface area (Å²) in [7, 11) is 0. The lowest BCUT2D eigenvalue weighted by Gasteiger charge is -2.28. The van der Waals surface area contributed by atoms with Crippen LogP contribution < -0.4 is 0 Å². The van der Waals surface area contributed by atoms with Crippen molar-refractivity contribution in [1.82, 2.24) is 0 Å². The lowest BCUT2D eigenvalue weighted by molar-refractivity contribution is -0.170. The molecular formula is C11H17FO4. The molecule has 0 aliphatic rings. The fourth-order valence-electron chi connectivity index (χ4n) is 1.25. The number of carbonyl (C=O) groups is 2. The molecule has 5 heteroatoms. The molecule has 2 atom stereocenters. The quantitative estimate of drug-likeness (QED) is 0.562. The number of carboxylic acid groups (broad SMARTS) is 1. The first-order chi connectivity index (χ1) is 7.29. The van der Waals surface area contributed by atoms with E-state index in [0.29, 0.717) is 0 Å². The van der Waals surface area contributed by atoms with Crippen molar-refractivity contribution in [3.63, 3.8) is 0 Å². The van der Waals surface area contributed by atoms with E-state index in [2.05, 4.69) is 6.58 Å². The van der Waals surface area contributed by atoms with Crippen molar-refractivity contribution in [2.24, 2.45) is 0 Å². The van der Waals surface area contributed by atoms with Gasteiger partial charge >= 0.3 is 11.9 Å². The minimum atomic E-state index is -2.54. The van der Waals surface area contributed by atoms with Gasteiger partial charge in [0.15, 0.2) is 0 Å². The predicted octanol–water partition coefficient (Wildman–Crippen LogP) is 2.09. The van der Waals surface area contributed by atoms with Gasteiger partial charge in [-0.25, -0.2) is 14.0 Å². The normalized spacial score (nSPS) is 16.0. The van der Waals surface area contributed by atoms with Crippen molar-refractivity contribution in [2.45, 2.75) is 45.4 Å². The van der Waals surface area contributed by atoms with E-state index < -0.39 is 23.7 Å². The maximum atomic E-state index is 14.0. The Morgan fingerprint density at radius 3 is 2.25 bits per heavy atom. The number of aliphatic carboxylic acids is 1. The summed E-state index contributed by atoms with van der Waals surface area (Å²) in [5, 5.41) is 8.80. The van der Waals surface area contributed by atoms with E-state index in [1.807, 2.05) is 0 Å². The third-order valence-corrected chi connectivity index (χ3v) is 2.35. The minimum absolute atomic E-state index is 0.0929. The highest BCUT2D eigenvalue weighted by Gasteiger charge is 2.46. The monoisotopic (exact) mass is 232 g/mol. The smallest absolute Gasteiger partial charge is 0.345 e. The number of esters is 1. The number of alkyl halides is 1. The zero-order chi connectivity index (χ0) is 12.9. The number of rotatable bonds is 6. The molecule has 0 radical (unpaired) electrons. The van der Waals surface area contributed by atoms with Gasteiger partial charge in [0.1, 0.15) is 6.10 Å². The highest BCUT2D eigenvalue weighted by atomic mass is 19.1. The number of carbonyl (C=O) groups excluding carboxylic acids is 1. The van der Waals surface area contributed by atoms with Crippen LogP contribution in [0.25, 0.3) is 0 Å². The van der Waals surface area contributed by atoms with Gasteiger partial charge in [0.05, 0.1) is 0 Å². The predicted molar refractivity (Wildman–Crippen MR) is 56.8 cm³/mol. The molecule has 0 aliphatic carbocycles. The Labute approximate surface area is 94.1 Å². The van der Waals surface area contributed by atoms with Crippen LogP contribution in [0.4, 0.5) is 4.39 Å². The summed E-state index contributed by atoms with van der Waals surface area (Å²) in [6.45, 7) is 7.72. The highest BCUT2D eigenvalue weighted by molar-refractivity contribution is 5.87. The molecule has 0 saturated heterocycles. The summed E-state index contributed by atoms with van der Waals surface area (Å²) in [6.07, 6.45) is -1.46. The van der Waals surface area contributed by atoms with E-state index in [9.17, 15) is 14.0 Å². The van der Waals surface area contributed by atoms with E-state index in [4.69, 9.17) is 9.84 Å². The van der Waals surface area contributed by atoms with Gasteiger partial charge in [0, 0.05) is 5.57 Å². The number of hydrogen-bond donors (Lipinski definition) is 1. The Kier molecular flexibility index (Phi) is 5.14. The summed E-state index contributed by atoms with van der Waals surface area (Å²) in [4.78, 5) is 22.0. The zero-order valence-electron chi connectivity index (χ0n) is 9.75. The Hall–Kier alpha value is -1.39. The van der Waals surface area contributed by atoms with Crippen LogP contribution in [0.2, 0.25) is 0 Å². The molecule has 0 saturated carbocycles. The first-order valence-corrected chi connectivity index (χ1v) is 5.08. The van der Waals surface area contributed by atoms with Crippen LogP contribution in [0.5, 0.6) is 0 Å². The van der Waals surface area contributed by atoms with Gasteiger partial charge in [-0.3, -0.25) is 0 Å². The molecule has 4 nitrogen and oxygen atoms in total. The van der Waals surface area contributed by atoms with E-state index in [1.54, 1.807) is 6.92 Å². The maximum Gasteiger partial charge on any atom is 0.345 e. The van der Waals surface area contributed by atoms with Gasteiger partial charge in [-0.2, -0.15) is 0 Å². The van der Waals surface area contributed by atoms with Gasteiger partial charge in [-0.05, 0) is 19.8 Å². The second kappa shape index (κ2) is 5.63. The summed E-state index contributed by atoms with van der Waals surface area (Å²) in [5.74, 6) is -2.39. The van der Waals surface area contributed by atoms with Crippen molar-refractivity contribution in [3.8, 4) is 0 Å². The lowest BCUT2D eigenvalue weighted by Crippen LogP contribution is -2.47. The Morgan fingerprint density at radius 1 is 1.50 bits per heavy atom. The van der Waals surface area contributed by atoms with Crippen LogP contribution >= 0.6 is 0 Å². The molecule has 92 valence electrons. The largest absolute Gasteiger partial charge is 0.479 e. The zero-order valence-corrected chi connectivity index (χ0v) is 9.75. The van der Waals surface area contributed by atoms with Crippen molar-refractivity contribution in [1.29, 1.82) is 0 Å². The maximum absolute atomic E-state index is 14.0. The van der Waals surface area contributed by atoms with Crippen molar-refractivity contribution in [3.05, 3.63) is 12.2 Å². The molecular weight excluding hydrogens is 215 g/mol. The molecule has 0 aromatic carbocycles. The fourth-order valence-corrected chi connectivity index (χ4v) is 1.25. The molecule has 0 spiro atoms. The van der Waals surface area contributed by atoms with E-state index in [-0.39, 0.29) is 18.4 Å². The Bertz CT molecular complexity index is 300. The number of carboxylic acids is 1. The van der Waals surface area contributed by atoms with Crippen LogP contribution in [-0.2, 0) is 14.3 Å². The van der Waals surface area contributed by atoms with Crippen LogP contribution in [0.15, 0.2) is 12.2 Å². The second-order valence-corrected chi connectivity index (χ2v) is 3.60. The van der Waals surface area contributed by atoms with Gasteiger partial charge < -0.3 is 9.84 Å². The SMILES string of the molecule is C=C(C)C(=O)OC(CC)C(F)(CC)C(=O)O. The molecule has 0 bridgehead atoms. The van der Waals surface area contributed by atoms with E-state index in [0.717, 1.165) is 0 Å². The van der Waals surface area contributed by atoms with Crippen LogP contribution in [0, 0.1) is 0 Å². The topological polar surface area (TPSA) is 63.6 Å². The molecule has 0 aromatic heterocycles. The molecule has 2 unspecified atom stereocenters. The van der Waals surface area contributed by atoms with Crippen LogP contribution in [0.1, 0.15) is 33.6 Å². The standard InChI is InChI=1S/C11H17FO4/c1-5-8(16-9(13)7(3)4)11(12,6-2)10(14)15/h8H,3,5-6H2,1-2,4H3,(H,14,15). The van der Waals surface area contributed by atoms with Gasteiger partial charge in [0.2, 0.25) is 5.67 Å². The van der Waals surface area contributed by atoms with Gasteiger partial charge in [-0.1, -0.05) is 20.4 Å². The number of ether oxygens (including phenoxy) is 1. The highest BCUT2D eigenvalue weighted by Crippen LogP contribution is 2.26. The molecule has 0 aromatic rings. The first-order valence-electron chi connectivity index (χ1n) is 5.08. The van der Waals surface area contributed by atoms with Crippen molar-refractivity contribution in [2.75, 3.05) is 0 Å². The van der Waals surface area contributed by atoms with E-state index >= 15 is 0 Å². The molecule has 0 amide bonds. The summed E-state index contributed by atoms with van der Waals surface area (Å²) >= 11 is 0. The average Bonchev–Trinajstić information content (AvgIpc) is 2.23. The Morgan fingerprint density at radius 2 is 2.00 bits per heavy atom. The van der Waals surface area contributed by atoms with Gasteiger partial charge in [-0.15, -0.1) is 0 Å². The molecule has 0 heterocycles. The third-order valence-electron chi connectivity index (χ3n) is 2.35. The average molecular weight is 232 g/mol. The summed E-state index contributed by atoms with van der Waals surface area (Å²) in [6, 6.07) is 0. The molecule has 1 N–H and O–H groups in total. The summed E-state index contributed by atoms with van der Waals surface area (Å²) in [5.41, 5.74) is -2.43. The molecule has 0 fully saturated rings. The second-order valence-electron chi connectivity index (χ2n) is 3.60. The van der Waals surface area contributed by atoms with Gasteiger partial charge in [0.25, 0.3) is 0 Å². The first kappa shape index (κ1) is 14.6. The summed E-state index contributed by atoms with van der Waals surface area (Å²) < 4.78 is 18.8. The molecule has 0 rings (SSSR count). The van der Waals surface area contributed by atoms with Crippen molar-refractivity contribution < 1.29 is 23.8 Å². The lowest BCUT2D eigenvalue weighted by atomic mass is 9.94. The molecule has 0 aliphatic heterocycles. The van der Waals surface area contributed by atoms with E-state index in [1.165, 1.54) is 13.8 Å².